The number of furan rings is 1. The Balaban J connectivity index is 1.66. The highest BCUT2D eigenvalue weighted by Gasteiger charge is 2.34. The molecule has 1 aliphatic rings. The van der Waals surface area contributed by atoms with Gasteiger partial charge in [0.05, 0.1) is 54.3 Å². The number of methoxy groups -OCH3 is 2. The summed E-state index contributed by atoms with van der Waals surface area (Å²) in [5.74, 6) is 1.38. The highest BCUT2D eigenvalue weighted by atomic mass is 32.1. The number of fused-ring (bicyclic) bond motifs is 1. The summed E-state index contributed by atoms with van der Waals surface area (Å²) in [5, 5.41) is 9.44. The monoisotopic (exact) mass is 555 g/mol. The van der Waals surface area contributed by atoms with E-state index in [1.165, 1.54) is 30.1 Å². The molecule has 5 rings (SSSR count). The van der Waals surface area contributed by atoms with E-state index in [0.717, 1.165) is 0 Å². The van der Waals surface area contributed by atoms with E-state index in [1.54, 1.807) is 68.5 Å². The molecule has 40 heavy (non-hydrogen) atoms. The van der Waals surface area contributed by atoms with Crippen molar-refractivity contribution in [3.8, 4) is 28.9 Å². The summed E-state index contributed by atoms with van der Waals surface area (Å²) in [4.78, 5) is 32.0. The third kappa shape index (κ3) is 4.72. The lowest BCUT2D eigenvalue weighted by Crippen LogP contribution is -2.39. The van der Waals surface area contributed by atoms with Crippen LogP contribution in [0.5, 0.6) is 11.5 Å². The molecule has 2 aromatic carbocycles. The van der Waals surface area contributed by atoms with Crippen LogP contribution >= 0.6 is 11.3 Å². The minimum atomic E-state index is -0.799. The number of rotatable bonds is 7. The van der Waals surface area contributed by atoms with Gasteiger partial charge in [0.2, 0.25) is 0 Å². The van der Waals surface area contributed by atoms with E-state index in [4.69, 9.17) is 18.6 Å². The molecule has 0 bridgehead atoms. The van der Waals surface area contributed by atoms with Gasteiger partial charge in [-0.15, -0.1) is 0 Å². The molecule has 4 aromatic rings. The quantitative estimate of drug-likeness (QED) is 0.317. The van der Waals surface area contributed by atoms with Crippen LogP contribution in [-0.4, -0.2) is 31.4 Å². The smallest absolute Gasteiger partial charge is 0.338 e. The van der Waals surface area contributed by atoms with Crippen molar-refractivity contribution in [1.82, 2.24) is 4.57 Å². The second-order valence-electron chi connectivity index (χ2n) is 8.78. The minimum absolute atomic E-state index is 0.175. The number of hydrogen-bond donors (Lipinski definition) is 0. The number of benzene rings is 2. The van der Waals surface area contributed by atoms with Gasteiger partial charge in [-0.2, -0.15) is 5.26 Å². The first-order valence-corrected chi connectivity index (χ1v) is 13.2. The van der Waals surface area contributed by atoms with Crippen molar-refractivity contribution in [3.05, 3.63) is 102 Å². The molecule has 0 N–H and O–H groups in total. The van der Waals surface area contributed by atoms with Crippen molar-refractivity contribution in [1.29, 1.82) is 5.26 Å². The summed E-state index contributed by atoms with van der Waals surface area (Å²) in [7, 11) is 3.06. The summed E-state index contributed by atoms with van der Waals surface area (Å²) >= 11 is 1.19. The summed E-state index contributed by atoms with van der Waals surface area (Å²) < 4.78 is 24.1. The van der Waals surface area contributed by atoms with Gasteiger partial charge in [-0.25, -0.2) is 9.79 Å². The Morgan fingerprint density at radius 3 is 2.65 bits per heavy atom. The SMILES string of the molecule is CCOC(=O)C1=C(C)N=c2s/c(=C/c3ccc(-c4ccccc4C#N)o3)c(=O)n2[C@@H]1c1ccc(OC)c(OC)c1. The highest BCUT2D eigenvalue weighted by Crippen LogP contribution is 2.36. The molecule has 1 aliphatic heterocycles. The first-order chi connectivity index (χ1) is 19.4. The molecule has 0 saturated heterocycles. The molecule has 10 heteroatoms. The fraction of sp³-hybridized carbons (Fsp3) is 0.200. The zero-order valence-corrected chi connectivity index (χ0v) is 23.1. The number of allylic oxidation sites excluding steroid dienone is 1. The second-order valence-corrected chi connectivity index (χ2v) is 9.79. The fourth-order valence-corrected chi connectivity index (χ4v) is 5.66. The first kappa shape index (κ1) is 26.7. The summed E-state index contributed by atoms with van der Waals surface area (Å²) in [5.41, 5.74) is 2.17. The molecule has 9 nitrogen and oxygen atoms in total. The average molecular weight is 556 g/mol. The van der Waals surface area contributed by atoms with Crippen molar-refractivity contribution in [2.45, 2.75) is 19.9 Å². The number of nitriles is 1. The zero-order valence-electron chi connectivity index (χ0n) is 22.3. The Labute approximate surface area is 233 Å². The molecule has 0 amide bonds. The molecule has 202 valence electrons. The number of aromatic nitrogens is 1. The Morgan fingerprint density at radius 1 is 1.15 bits per heavy atom. The van der Waals surface area contributed by atoms with E-state index >= 15 is 0 Å². The van der Waals surface area contributed by atoms with Gasteiger partial charge in [0.1, 0.15) is 11.5 Å². The van der Waals surface area contributed by atoms with E-state index in [9.17, 15) is 14.9 Å². The van der Waals surface area contributed by atoms with Crippen molar-refractivity contribution < 1.29 is 23.4 Å². The maximum absolute atomic E-state index is 13.9. The zero-order chi connectivity index (χ0) is 28.4. The Kier molecular flexibility index (Phi) is 7.40. The highest BCUT2D eigenvalue weighted by molar-refractivity contribution is 7.07. The van der Waals surface area contributed by atoms with Crippen LogP contribution < -0.4 is 24.4 Å². The van der Waals surface area contributed by atoms with Crippen LogP contribution in [0.4, 0.5) is 0 Å². The van der Waals surface area contributed by atoms with Gasteiger partial charge in [0.15, 0.2) is 16.3 Å². The van der Waals surface area contributed by atoms with Gasteiger partial charge in [0.25, 0.3) is 5.56 Å². The molecule has 3 heterocycles. The van der Waals surface area contributed by atoms with E-state index in [1.807, 2.05) is 6.07 Å². The lowest BCUT2D eigenvalue weighted by molar-refractivity contribution is -0.139. The van der Waals surface area contributed by atoms with Gasteiger partial charge < -0.3 is 18.6 Å². The number of carbonyl (C=O) groups excluding carboxylic acids is 1. The molecular formula is C30H25N3O6S. The van der Waals surface area contributed by atoms with Gasteiger partial charge in [-0.1, -0.05) is 29.5 Å². The molecule has 0 aliphatic carbocycles. The predicted octanol–water partition coefficient (Wildman–Crippen LogP) is 3.95. The van der Waals surface area contributed by atoms with Crippen LogP contribution in [0.1, 0.15) is 36.8 Å². The number of carbonyl (C=O) groups is 1. The van der Waals surface area contributed by atoms with Gasteiger partial charge in [-0.05, 0) is 55.8 Å². The van der Waals surface area contributed by atoms with E-state index in [0.29, 0.717) is 54.7 Å². The van der Waals surface area contributed by atoms with Gasteiger partial charge >= 0.3 is 5.97 Å². The summed E-state index contributed by atoms with van der Waals surface area (Å²) in [6.07, 6.45) is 1.64. The first-order valence-electron chi connectivity index (χ1n) is 12.4. The maximum Gasteiger partial charge on any atom is 0.338 e. The minimum Gasteiger partial charge on any atom is -0.493 e. The third-order valence-corrected chi connectivity index (χ3v) is 7.44. The number of esters is 1. The molecule has 0 spiro atoms. The number of nitrogens with zero attached hydrogens (tertiary/aromatic N) is 3. The standard InChI is InChI=1S/C30H25N3O6S/c1-5-38-29(35)26-17(2)32-30-33(27(26)18-10-12-23(36-3)24(14-18)37-4)28(34)25(40-30)15-20-11-13-22(39-20)21-9-7-6-8-19(21)16-31/h6-15,27H,5H2,1-4H3/b25-15+/t27-/m1/s1. The molecule has 2 aromatic heterocycles. The van der Waals surface area contributed by atoms with Crippen molar-refractivity contribution in [3.63, 3.8) is 0 Å². The number of ether oxygens (including phenoxy) is 3. The molecule has 0 saturated carbocycles. The van der Waals surface area contributed by atoms with Crippen molar-refractivity contribution in [2.24, 2.45) is 4.99 Å². The van der Waals surface area contributed by atoms with E-state index in [2.05, 4.69) is 11.1 Å². The van der Waals surface area contributed by atoms with Crippen molar-refractivity contribution in [2.75, 3.05) is 20.8 Å². The summed E-state index contributed by atoms with van der Waals surface area (Å²) in [6, 6.07) is 17.2. The average Bonchev–Trinajstić information content (AvgIpc) is 3.55. The Hall–Kier alpha value is -4.88. The fourth-order valence-electron chi connectivity index (χ4n) is 4.63. The molecule has 0 radical (unpaired) electrons. The lowest BCUT2D eigenvalue weighted by atomic mass is 9.95. The number of hydrogen-bond acceptors (Lipinski definition) is 9. The van der Waals surface area contributed by atoms with Crippen LogP contribution in [0.15, 0.2) is 80.1 Å². The normalized spacial score (nSPS) is 14.8. The third-order valence-electron chi connectivity index (χ3n) is 6.45. The van der Waals surface area contributed by atoms with E-state index in [-0.39, 0.29) is 17.7 Å². The maximum atomic E-state index is 13.9. The summed E-state index contributed by atoms with van der Waals surface area (Å²) in [6.45, 7) is 3.62. The largest absolute Gasteiger partial charge is 0.493 e. The van der Waals surface area contributed by atoms with Crippen molar-refractivity contribution >= 4 is 23.4 Å². The molecule has 0 fully saturated rings. The Morgan fingerprint density at radius 2 is 1.93 bits per heavy atom. The van der Waals surface area contributed by atoms with E-state index < -0.39 is 12.0 Å². The van der Waals surface area contributed by atoms with Crippen LogP contribution in [0.25, 0.3) is 17.4 Å². The molecule has 1 atom stereocenters. The lowest BCUT2D eigenvalue weighted by Gasteiger charge is -2.25. The van der Waals surface area contributed by atoms with Crippen LogP contribution in [0, 0.1) is 11.3 Å². The van der Waals surface area contributed by atoms with Gasteiger partial charge in [0, 0.05) is 11.6 Å². The van der Waals surface area contributed by atoms with Crippen LogP contribution in [0.2, 0.25) is 0 Å². The molecule has 0 unspecified atom stereocenters. The van der Waals surface area contributed by atoms with Gasteiger partial charge in [-0.3, -0.25) is 9.36 Å². The topological polar surface area (TPSA) is 116 Å². The van der Waals surface area contributed by atoms with Crippen LogP contribution in [0.3, 0.4) is 0 Å². The van der Waals surface area contributed by atoms with Crippen LogP contribution in [-0.2, 0) is 9.53 Å². The number of thiazole rings is 1. The second kappa shape index (κ2) is 11.1. The predicted molar refractivity (Wildman–Crippen MR) is 149 cm³/mol. The Bertz CT molecular complexity index is 1870. The molecular weight excluding hydrogens is 530 g/mol.